The van der Waals surface area contributed by atoms with Gasteiger partial charge in [0.25, 0.3) is 0 Å². The van der Waals surface area contributed by atoms with Crippen molar-refractivity contribution in [2.75, 3.05) is 0 Å². The van der Waals surface area contributed by atoms with Gasteiger partial charge in [0.2, 0.25) is 0 Å². The monoisotopic (exact) mass is 421 g/mol. The molecule has 0 N–H and O–H groups in total. The number of unbranched alkanes of at least 4 members (excludes halogenated alkanes) is 10. The van der Waals surface area contributed by atoms with Crippen LogP contribution in [0.5, 0.6) is 0 Å². The maximum Gasteiger partial charge on any atom is 0.111 e. The Kier molecular flexibility index (Phi) is 11.0. The van der Waals surface area contributed by atoms with Crippen molar-refractivity contribution in [1.82, 2.24) is 15.2 Å². The quantitative estimate of drug-likeness (QED) is 0.242. The lowest BCUT2D eigenvalue weighted by molar-refractivity contribution is 0.553. The number of hydrogen-bond donors (Lipinski definition) is 0. The van der Waals surface area contributed by atoms with E-state index in [1.807, 2.05) is 6.20 Å². The van der Waals surface area contributed by atoms with E-state index in [4.69, 9.17) is 0 Å². The van der Waals surface area contributed by atoms with Crippen molar-refractivity contribution in [1.29, 1.82) is 0 Å². The fourth-order valence-corrected chi connectivity index (χ4v) is 4.32. The number of nitrogens with zero attached hydrogens (tertiary/aromatic N) is 3. The van der Waals surface area contributed by atoms with Crippen LogP contribution in [0.2, 0.25) is 0 Å². The zero-order valence-corrected chi connectivity index (χ0v) is 19.8. The third-order valence-corrected chi connectivity index (χ3v) is 6.62. The molecule has 0 spiro atoms. The summed E-state index contributed by atoms with van der Waals surface area (Å²) >= 11 is 0. The molecule has 0 amide bonds. The molecule has 0 atom stereocenters. The summed E-state index contributed by atoms with van der Waals surface area (Å²) in [5.41, 5.74) is 4.24. The van der Waals surface area contributed by atoms with E-state index in [0.29, 0.717) is 0 Å². The lowest BCUT2D eigenvalue weighted by Crippen LogP contribution is -1.97. The molecule has 0 saturated heterocycles. The second-order valence-electron chi connectivity index (χ2n) is 9.58. The van der Waals surface area contributed by atoms with E-state index in [1.165, 1.54) is 102 Å². The van der Waals surface area contributed by atoms with Gasteiger partial charge in [0, 0.05) is 6.20 Å². The Hall–Kier alpha value is -1.77. The molecule has 1 saturated carbocycles. The Morgan fingerprint density at radius 3 is 2.00 bits per heavy atom. The Morgan fingerprint density at radius 2 is 1.35 bits per heavy atom. The van der Waals surface area contributed by atoms with Crippen LogP contribution in [0, 0.1) is 5.92 Å². The van der Waals surface area contributed by atoms with Crippen molar-refractivity contribution in [3.8, 4) is 11.4 Å². The Labute approximate surface area is 190 Å². The molecule has 3 nitrogen and oxygen atoms in total. The van der Waals surface area contributed by atoms with Gasteiger partial charge in [0.15, 0.2) is 0 Å². The molecule has 1 fully saturated rings. The van der Waals surface area contributed by atoms with Crippen molar-refractivity contribution in [3.63, 3.8) is 0 Å². The molecule has 2 aromatic rings. The van der Waals surface area contributed by atoms with E-state index in [0.717, 1.165) is 35.8 Å². The fraction of sp³-hybridized carbons (Fsp3) is 0.679. The minimum absolute atomic E-state index is 0.878. The molecule has 31 heavy (non-hydrogen) atoms. The minimum Gasteiger partial charge on any atom is -0.254 e. The molecule has 0 radical (unpaired) electrons. The van der Waals surface area contributed by atoms with Crippen LogP contribution in [0.25, 0.3) is 11.4 Å². The lowest BCUT2D eigenvalue weighted by Gasteiger charge is -2.05. The highest BCUT2D eigenvalue weighted by Gasteiger charge is 2.19. The van der Waals surface area contributed by atoms with Gasteiger partial charge in [-0.05, 0) is 55.4 Å². The van der Waals surface area contributed by atoms with Gasteiger partial charge in [-0.2, -0.15) is 5.10 Å². The molecule has 1 aliphatic rings. The summed E-state index contributed by atoms with van der Waals surface area (Å²) in [6.07, 6.45) is 24.9. The SMILES string of the molecule is CCCCCCCc1ccc(-c2ccc(CCCCCCCCCC3CC3)cn2)nn1. The maximum absolute atomic E-state index is 4.64. The number of rotatable bonds is 17. The van der Waals surface area contributed by atoms with Gasteiger partial charge in [-0.25, -0.2) is 0 Å². The average Bonchev–Trinajstić information content (AvgIpc) is 3.63. The molecule has 3 heteroatoms. The van der Waals surface area contributed by atoms with Crippen molar-refractivity contribution in [2.24, 2.45) is 5.92 Å². The third kappa shape index (κ3) is 9.93. The third-order valence-electron chi connectivity index (χ3n) is 6.62. The molecule has 0 unspecified atom stereocenters. The predicted molar refractivity (Wildman–Crippen MR) is 131 cm³/mol. The van der Waals surface area contributed by atoms with E-state index in [-0.39, 0.29) is 0 Å². The van der Waals surface area contributed by atoms with Crippen molar-refractivity contribution in [3.05, 3.63) is 41.7 Å². The highest BCUT2D eigenvalue weighted by Crippen LogP contribution is 2.34. The van der Waals surface area contributed by atoms with Gasteiger partial charge in [0.1, 0.15) is 5.69 Å². The van der Waals surface area contributed by atoms with Gasteiger partial charge in [-0.15, -0.1) is 5.10 Å². The summed E-state index contributed by atoms with van der Waals surface area (Å²) in [6.45, 7) is 2.25. The number of hydrogen-bond acceptors (Lipinski definition) is 3. The summed E-state index contributed by atoms with van der Waals surface area (Å²) in [5, 5.41) is 8.82. The van der Waals surface area contributed by atoms with Crippen molar-refractivity contribution >= 4 is 0 Å². The smallest absolute Gasteiger partial charge is 0.111 e. The summed E-state index contributed by atoms with van der Waals surface area (Å²) in [7, 11) is 0. The first-order valence-electron chi connectivity index (χ1n) is 13.1. The highest BCUT2D eigenvalue weighted by molar-refractivity contribution is 5.53. The molecule has 0 bridgehead atoms. The van der Waals surface area contributed by atoms with Gasteiger partial charge >= 0.3 is 0 Å². The van der Waals surface area contributed by atoms with Crippen LogP contribution < -0.4 is 0 Å². The van der Waals surface area contributed by atoms with Crippen LogP contribution in [0.1, 0.15) is 114 Å². The van der Waals surface area contributed by atoms with E-state index >= 15 is 0 Å². The van der Waals surface area contributed by atoms with Crippen LogP contribution in [-0.2, 0) is 12.8 Å². The molecule has 1 aliphatic carbocycles. The van der Waals surface area contributed by atoms with E-state index in [9.17, 15) is 0 Å². The largest absolute Gasteiger partial charge is 0.254 e. The molecular weight excluding hydrogens is 378 g/mol. The second kappa shape index (κ2) is 14.3. The van der Waals surface area contributed by atoms with Crippen molar-refractivity contribution < 1.29 is 0 Å². The normalized spacial score (nSPS) is 13.6. The van der Waals surface area contributed by atoms with E-state index < -0.39 is 0 Å². The van der Waals surface area contributed by atoms with Crippen molar-refractivity contribution in [2.45, 2.75) is 116 Å². The zero-order valence-electron chi connectivity index (χ0n) is 19.8. The predicted octanol–water partition coefficient (Wildman–Crippen LogP) is 8.12. The topological polar surface area (TPSA) is 38.7 Å². The number of aromatic nitrogens is 3. The first-order valence-corrected chi connectivity index (χ1v) is 13.1. The molecule has 2 heterocycles. The first kappa shape index (κ1) is 23.9. The fourth-order valence-electron chi connectivity index (χ4n) is 4.32. The summed E-state index contributed by atoms with van der Waals surface area (Å²) < 4.78 is 0. The minimum atomic E-state index is 0.878. The molecule has 3 rings (SSSR count). The summed E-state index contributed by atoms with van der Waals surface area (Å²) in [6, 6.07) is 8.50. The van der Waals surface area contributed by atoms with Crippen LogP contribution in [0.4, 0.5) is 0 Å². The molecular formula is C28H43N3. The molecule has 0 aromatic carbocycles. The first-order chi connectivity index (χ1) is 15.3. The lowest BCUT2D eigenvalue weighted by atomic mass is 10.0. The number of aryl methyl sites for hydroxylation is 2. The van der Waals surface area contributed by atoms with Gasteiger partial charge in [-0.1, -0.05) is 96.5 Å². The zero-order chi connectivity index (χ0) is 21.6. The summed E-state index contributed by atoms with van der Waals surface area (Å²) in [5.74, 6) is 1.11. The van der Waals surface area contributed by atoms with Gasteiger partial charge in [-0.3, -0.25) is 4.98 Å². The van der Waals surface area contributed by atoms with Gasteiger partial charge < -0.3 is 0 Å². The average molecular weight is 422 g/mol. The highest BCUT2D eigenvalue weighted by atomic mass is 15.1. The second-order valence-corrected chi connectivity index (χ2v) is 9.58. The summed E-state index contributed by atoms with van der Waals surface area (Å²) in [4.78, 5) is 4.64. The van der Waals surface area contributed by atoms with Crippen LogP contribution >= 0.6 is 0 Å². The van der Waals surface area contributed by atoms with E-state index in [1.54, 1.807) is 0 Å². The molecule has 2 aromatic heterocycles. The van der Waals surface area contributed by atoms with Crippen LogP contribution in [0.15, 0.2) is 30.5 Å². The standard InChI is InChI=1S/C28H43N3/c1-2-3-4-8-13-16-26-20-22-28(31-30-26)27-21-19-25(23-29-27)15-12-10-7-5-6-9-11-14-24-17-18-24/h19-24H,2-18H2,1H3. The molecule has 170 valence electrons. The van der Waals surface area contributed by atoms with Crippen LogP contribution in [-0.4, -0.2) is 15.2 Å². The Morgan fingerprint density at radius 1 is 0.677 bits per heavy atom. The Balaban J connectivity index is 1.27. The van der Waals surface area contributed by atoms with Gasteiger partial charge in [0.05, 0.1) is 11.4 Å². The number of pyridine rings is 1. The van der Waals surface area contributed by atoms with E-state index in [2.05, 4.69) is 46.4 Å². The maximum atomic E-state index is 4.64. The Bertz CT molecular complexity index is 704. The molecule has 0 aliphatic heterocycles. The van der Waals surface area contributed by atoms with Crippen LogP contribution in [0.3, 0.4) is 0 Å².